The lowest BCUT2D eigenvalue weighted by Crippen LogP contribution is -2.15. The maximum Gasteiger partial charge on any atom is 0.261 e. The molecule has 12 heavy (non-hydrogen) atoms. The van der Waals surface area contributed by atoms with Crippen molar-refractivity contribution in [2.75, 3.05) is 0 Å². The van der Waals surface area contributed by atoms with Crippen molar-refractivity contribution in [2.45, 2.75) is 6.92 Å². The zero-order valence-electron chi connectivity index (χ0n) is 6.87. The lowest BCUT2D eigenvalue weighted by atomic mass is 10.4. The van der Waals surface area contributed by atoms with Gasteiger partial charge in [-0.3, -0.25) is 4.79 Å². The molecule has 2 aromatic rings. The molecule has 2 aromatic heterocycles. The van der Waals surface area contributed by atoms with Crippen molar-refractivity contribution in [3.05, 3.63) is 27.6 Å². The van der Waals surface area contributed by atoms with Gasteiger partial charge in [-0.1, -0.05) is 0 Å². The van der Waals surface area contributed by atoms with Crippen LogP contribution in [0.15, 0.2) is 17.2 Å². The minimum atomic E-state index is 0.0318. The summed E-state index contributed by atoms with van der Waals surface area (Å²) < 4.78 is 1.49. The van der Waals surface area contributed by atoms with Crippen LogP contribution < -0.4 is 5.56 Å². The van der Waals surface area contributed by atoms with Crippen LogP contribution in [-0.4, -0.2) is 9.55 Å². The Morgan fingerprint density at radius 2 is 2.33 bits per heavy atom. The van der Waals surface area contributed by atoms with Crippen molar-refractivity contribution < 1.29 is 0 Å². The van der Waals surface area contributed by atoms with Gasteiger partial charge in [-0.15, -0.1) is 11.3 Å². The number of nitrogens with zero attached hydrogens (tertiary/aromatic N) is 2. The molecule has 3 nitrogen and oxygen atoms in total. The highest BCUT2D eigenvalue weighted by molar-refractivity contribution is 7.18. The average molecular weight is 180 g/mol. The molecule has 0 spiro atoms. The molecule has 0 aromatic carbocycles. The molecule has 4 heteroatoms. The number of hydrogen-bond donors (Lipinski definition) is 0. The summed E-state index contributed by atoms with van der Waals surface area (Å²) in [4.78, 5) is 17.6. The van der Waals surface area contributed by atoms with Crippen LogP contribution in [0.5, 0.6) is 0 Å². The fourth-order valence-corrected chi connectivity index (χ4v) is 1.97. The highest BCUT2D eigenvalue weighted by Gasteiger charge is 2.03. The van der Waals surface area contributed by atoms with Gasteiger partial charge in [0.2, 0.25) is 0 Å². The summed E-state index contributed by atoms with van der Waals surface area (Å²) in [7, 11) is 1.71. The first-order valence-electron chi connectivity index (χ1n) is 3.60. The highest BCUT2D eigenvalue weighted by Crippen LogP contribution is 2.18. The molecular formula is C8H8N2OS. The molecule has 2 heterocycles. The van der Waals surface area contributed by atoms with E-state index in [-0.39, 0.29) is 5.56 Å². The van der Waals surface area contributed by atoms with Crippen LogP contribution in [0, 0.1) is 6.92 Å². The maximum atomic E-state index is 11.5. The minimum Gasteiger partial charge on any atom is -0.302 e. The van der Waals surface area contributed by atoms with Crippen molar-refractivity contribution in [3.63, 3.8) is 0 Å². The molecule has 0 amide bonds. The molecule has 0 bridgehead atoms. The van der Waals surface area contributed by atoms with Crippen LogP contribution in [0.3, 0.4) is 0 Å². The third kappa shape index (κ3) is 0.956. The summed E-state index contributed by atoms with van der Waals surface area (Å²) >= 11 is 1.55. The Bertz CT molecular complexity index is 483. The summed E-state index contributed by atoms with van der Waals surface area (Å²) in [6, 6.07) is 1.88. The van der Waals surface area contributed by atoms with Crippen LogP contribution in [-0.2, 0) is 7.05 Å². The second-order valence-corrected chi connectivity index (χ2v) is 3.97. The SMILES string of the molecule is Cc1cc2c(=O)n(C)cnc2s1. The summed E-state index contributed by atoms with van der Waals surface area (Å²) in [5.41, 5.74) is 0.0318. The predicted molar refractivity (Wildman–Crippen MR) is 49.6 cm³/mol. The summed E-state index contributed by atoms with van der Waals surface area (Å²) in [5, 5.41) is 0.725. The van der Waals surface area contributed by atoms with Gasteiger partial charge in [-0.25, -0.2) is 4.98 Å². The van der Waals surface area contributed by atoms with Crippen molar-refractivity contribution >= 4 is 21.6 Å². The Hall–Kier alpha value is -1.16. The fraction of sp³-hybridized carbons (Fsp3) is 0.250. The molecule has 2 rings (SSSR count). The monoisotopic (exact) mass is 180 g/mol. The predicted octanol–water partition coefficient (Wildman–Crippen LogP) is 1.30. The Morgan fingerprint density at radius 1 is 1.58 bits per heavy atom. The van der Waals surface area contributed by atoms with Crippen LogP contribution in [0.25, 0.3) is 10.2 Å². The first-order chi connectivity index (χ1) is 5.68. The number of fused-ring (bicyclic) bond motifs is 1. The molecule has 0 unspecified atom stereocenters. The van der Waals surface area contributed by atoms with Gasteiger partial charge in [-0.05, 0) is 13.0 Å². The standard InChI is InChI=1S/C8H8N2OS/c1-5-3-6-7(12-5)9-4-10(2)8(6)11/h3-4H,1-2H3. The van der Waals surface area contributed by atoms with Gasteiger partial charge < -0.3 is 4.57 Å². The molecule has 0 saturated carbocycles. The Balaban J connectivity index is 2.99. The van der Waals surface area contributed by atoms with Crippen molar-refractivity contribution in [3.8, 4) is 0 Å². The highest BCUT2D eigenvalue weighted by atomic mass is 32.1. The van der Waals surface area contributed by atoms with E-state index in [1.807, 2.05) is 13.0 Å². The van der Waals surface area contributed by atoms with E-state index in [9.17, 15) is 4.79 Å². The zero-order valence-corrected chi connectivity index (χ0v) is 7.68. The molecule has 0 N–H and O–H groups in total. The second-order valence-electron chi connectivity index (χ2n) is 2.74. The third-order valence-electron chi connectivity index (χ3n) is 1.73. The number of hydrogen-bond acceptors (Lipinski definition) is 3. The maximum absolute atomic E-state index is 11.5. The molecule has 0 aliphatic heterocycles. The molecule has 0 saturated heterocycles. The van der Waals surface area contributed by atoms with E-state index >= 15 is 0 Å². The first kappa shape index (κ1) is 7.49. The van der Waals surface area contributed by atoms with Gasteiger partial charge in [-0.2, -0.15) is 0 Å². The number of rotatable bonds is 0. The summed E-state index contributed by atoms with van der Waals surface area (Å²) in [6.07, 6.45) is 1.56. The molecule has 0 aliphatic rings. The molecular weight excluding hydrogens is 172 g/mol. The fourth-order valence-electron chi connectivity index (χ4n) is 1.13. The van der Waals surface area contributed by atoms with E-state index < -0.39 is 0 Å². The largest absolute Gasteiger partial charge is 0.302 e. The number of aryl methyl sites for hydroxylation is 2. The average Bonchev–Trinajstić information content (AvgIpc) is 2.39. The van der Waals surface area contributed by atoms with Gasteiger partial charge in [0.15, 0.2) is 0 Å². The molecule has 0 aliphatic carbocycles. The van der Waals surface area contributed by atoms with Crippen LogP contribution in [0.2, 0.25) is 0 Å². The summed E-state index contributed by atoms with van der Waals surface area (Å²) in [5.74, 6) is 0. The number of aromatic nitrogens is 2. The molecule has 0 radical (unpaired) electrons. The molecule has 0 atom stereocenters. The van der Waals surface area contributed by atoms with Crippen molar-refractivity contribution in [1.82, 2.24) is 9.55 Å². The second kappa shape index (κ2) is 2.42. The van der Waals surface area contributed by atoms with E-state index in [4.69, 9.17) is 0 Å². The first-order valence-corrected chi connectivity index (χ1v) is 4.42. The normalized spacial score (nSPS) is 10.8. The van der Waals surface area contributed by atoms with Gasteiger partial charge in [0.25, 0.3) is 5.56 Å². The van der Waals surface area contributed by atoms with Crippen molar-refractivity contribution in [2.24, 2.45) is 7.05 Å². The van der Waals surface area contributed by atoms with E-state index in [1.54, 1.807) is 24.7 Å². The quantitative estimate of drug-likeness (QED) is 0.612. The van der Waals surface area contributed by atoms with E-state index in [0.29, 0.717) is 0 Å². The lowest BCUT2D eigenvalue weighted by molar-refractivity contribution is 0.844. The van der Waals surface area contributed by atoms with Crippen LogP contribution in [0.4, 0.5) is 0 Å². The van der Waals surface area contributed by atoms with E-state index in [2.05, 4.69) is 4.98 Å². The molecule has 62 valence electrons. The Kier molecular flexibility index (Phi) is 1.51. The van der Waals surface area contributed by atoms with Crippen molar-refractivity contribution in [1.29, 1.82) is 0 Å². The lowest BCUT2D eigenvalue weighted by Gasteiger charge is -1.93. The van der Waals surface area contributed by atoms with Crippen LogP contribution >= 0.6 is 11.3 Å². The minimum absolute atomic E-state index is 0.0318. The third-order valence-corrected chi connectivity index (χ3v) is 2.69. The van der Waals surface area contributed by atoms with E-state index in [1.165, 1.54) is 4.57 Å². The zero-order chi connectivity index (χ0) is 8.72. The topological polar surface area (TPSA) is 34.9 Å². The Labute approximate surface area is 73.3 Å². The van der Waals surface area contributed by atoms with E-state index in [0.717, 1.165) is 15.1 Å². The van der Waals surface area contributed by atoms with Gasteiger partial charge >= 0.3 is 0 Å². The van der Waals surface area contributed by atoms with Gasteiger partial charge in [0, 0.05) is 11.9 Å². The van der Waals surface area contributed by atoms with Crippen LogP contribution in [0.1, 0.15) is 4.88 Å². The number of thiophene rings is 1. The summed E-state index contributed by atoms with van der Waals surface area (Å²) in [6.45, 7) is 1.98. The van der Waals surface area contributed by atoms with Gasteiger partial charge in [0.1, 0.15) is 4.83 Å². The Morgan fingerprint density at radius 3 is 3.08 bits per heavy atom. The molecule has 0 fully saturated rings. The smallest absolute Gasteiger partial charge is 0.261 e. The van der Waals surface area contributed by atoms with Gasteiger partial charge in [0.05, 0.1) is 11.7 Å².